The van der Waals surface area contributed by atoms with E-state index in [1.54, 1.807) is 0 Å². The second kappa shape index (κ2) is 14.4. The molecule has 0 spiro atoms. The Bertz CT molecular complexity index is 2300. The third kappa shape index (κ3) is 6.79. The lowest BCUT2D eigenvalue weighted by atomic mass is 10.0. The molecule has 0 atom stereocenters. The van der Waals surface area contributed by atoms with Crippen LogP contribution in [0, 0.1) is 0 Å². The van der Waals surface area contributed by atoms with Gasteiger partial charge < -0.3 is 9.64 Å². The molecule has 0 saturated carbocycles. The normalized spacial score (nSPS) is 10.9. The van der Waals surface area contributed by atoms with Crippen LogP contribution in [0.4, 0.5) is 22.7 Å². The molecule has 0 amide bonds. The maximum Gasteiger partial charge on any atom is 0.146 e. The van der Waals surface area contributed by atoms with Gasteiger partial charge in [-0.15, -0.1) is 0 Å². The van der Waals surface area contributed by atoms with E-state index in [0.29, 0.717) is 6.61 Å². The Balaban J connectivity index is 1.04. The van der Waals surface area contributed by atoms with Gasteiger partial charge in [-0.2, -0.15) is 0 Å². The minimum absolute atomic E-state index is 0.446. The molecule has 0 aromatic heterocycles. The minimum Gasteiger partial charge on any atom is -0.487 e. The van der Waals surface area contributed by atoms with Gasteiger partial charge in [-0.3, -0.25) is 4.99 Å². The van der Waals surface area contributed by atoms with E-state index in [1.165, 1.54) is 22.3 Å². The zero-order chi connectivity index (χ0) is 34.4. The summed E-state index contributed by atoms with van der Waals surface area (Å²) in [7, 11) is 0. The highest BCUT2D eigenvalue weighted by molar-refractivity contribution is 5.96. The standard InChI is InChI=1S/C48H36N2O/c1-49-48-46-15-9-8-14-42(46)26-33-47(48)51-34-35-16-18-38(19-17-35)41-24-31-45(32-25-41)50(43-27-20-39(21-28-43)36-10-4-2-5-11-36)44-29-22-40(23-30-44)37-12-6-3-7-13-37/h2-33H,1,34H2. The van der Waals surface area contributed by atoms with Crippen molar-refractivity contribution in [3.63, 3.8) is 0 Å². The molecule has 51 heavy (non-hydrogen) atoms. The number of nitrogens with zero attached hydrogens (tertiary/aromatic N) is 2. The van der Waals surface area contributed by atoms with E-state index in [2.05, 4.69) is 193 Å². The summed E-state index contributed by atoms with van der Waals surface area (Å²) in [6, 6.07) is 68.2. The highest BCUT2D eigenvalue weighted by atomic mass is 16.5. The number of aliphatic imine (C=N–C) groups is 1. The third-order valence-corrected chi connectivity index (χ3v) is 9.29. The predicted octanol–water partition coefficient (Wildman–Crippen LogP) is 13.2. The minimum atomic E-state index is 0.446. The fourth-order valence-corrected chi connectivity index (χ4v) is 6.59. The van der Waals surface area contributed by atoms with Crippen molar-refractivity contribution in [3.05, 3.63) is 200 Å². The van der Waals surface area contributed by atoms with Crippen LogP contribution in [0.5, 0.6) is 5.75 Å². The molecule has 0 N–H and O–H groups in total. The summed E-state index contributed by atoms with van der Waals surface area (Å²) in [5, 5.41) is 2.16. The predicted molar refractivity (Wildman–Crippen MR) is 215 cm³/mol. The number of fused-ring (bicyclic) bond motifs is 1. The van der Waals surface area contributed by atoms with Gasteiger partial charge in [-0.1, -0.05) is 152 Å². The summed E-state index contributed by atoms with van der Waals surface area (Å²) in [5.41, 5.74) is 12.2. The molecule has 0 aliphatic rings. The lowest BCUT2D eigenvalue weighted by molar-refractivity contribution is 0.308. The smallest absolute Gasteiger partial charge is 0.146 e. The molecular weight excluding hydrogens is 621 g/mol. The van der Waals surface area contributed by atoms with Gasteiger partial charge in [-0.05, 0) is 93.5 Å². The maximum absolute atomic E-state index is 6.22. The Morgan fingerprint density at radius 3 is 1.29 bits per heavy atom. The van der Waals surface area contributed by atoms with Crippen molar-refractivity contribution in [2.24, 2.45) is 4.99 Å². The number of rotatable bonds is 10. The van der Waals surface area contributed by atoms with Crippen molar-refractivity contribution in [3.8, 4) is 39.1 Å². The fourth-order valence-electron chi connectivity index (χ4n) is 6.59. The molecule has 0 heterocycles. The Morgan fingerprint density at radius 2 is 0.824 bits per heavy atom. The van der Waals surface area contributed by atoms with E-state index in [-0.39, 0.29) is 0 Å². The summed E-state index contributed by atoms with van der Waals surface area (Å²) in [6.07, 6.45) is 0. The van der Waals surface area contributed by atoms with E-state index < -0.39 is 0 Å². The van der Waals surface area contributed by atoms with Gasteiger partial charge in [0.15, 0.2) is 0 Å². The molecule has 8 aromatic rings. The molecule has 0 bridgehead atoms. The van der Waals surface area contributed by atoms with Crippen molar-refractivity contribution in [1.82, 2.24) is 0 Å². The maximum atomic E-state index is 6.22. The summed E-state index contributed by atoms with van der Waals surface area (Å²) < 4.78 is 6.22. The summed E-state index contributed by atoms with van der Waals surface area (Å²) in [6.45, 7) is 4.24. The zero-order valence-corrected chi connectivity index (χ0v) is 28.2. The lowest BCUT2D eigenvalue weighted by Gasteiger charge is -2.26. The average Bonchev–Trinajstić information content (AvgIpc) is 3.21. The molecule has 3 heteroatoms. The van der Waals surface area contributed by atoms with E-state index in [0.717, 1.165) is 56.0 Å². The van der Waals surface area contributed by atoms with Gasteiger partial charge in [0.05, 0.1) is 0 Å². The quantitative estimate of drug-likeness (QED) is 0.137. The molecule has 0 saturated heterocycles. The van der Waals surface area contributed by atoms with Crippen molar-refractivity contribution in [1.29, 1.82) is 0 Å². The van der Waals surface area contributed by atoms with E-state index in [4.69, 9.17) is 4.74 Å². The number of hydrogen-bond donors (Lipinski definition) is 0. The number of anilines is 3. The third-order valence-electron chi connectivity index (χ3n) is 9.29. The van der Waals surface area contributed by atoms with Crippen LogP contribution in [0.15, 0.2) is 199 Å². The first-order valence-corrected chi connectivity index (χ1v) is 17.2. The van der Waals surface area contributed by atoms with Gasteiger partial charge in [0, 0.05) is 22.4 Å². The monoisotopic (exact) mass is 656 g/mol. The Hall–Kier alpha value is -6.71. The van der Waals surface area contributed by atoms with Gasteiger partial charge in [0.25, 0.3) is 0 Å². The topological polar surface area (TPSA) is 24.8 Å². The Kier molecular flexibility index (Phi) is 8.92. The van der Waals surface area contributed by atoms with Crippen LogP contribution in [0.25, 0.3) is 44.2 Å². The van der Waals surface area contributed by atoms with E-state index >= 15 is 0 Å². The van der Waals surface area contributed by atoms with Crippen LogP contribution in [0.3, 0.4) is 0 Å². The second-order valence-electron chi connectivity index (χ2n) is 12.5. The first-order chi connectivity index (χ1) is 25.2. The first kappa shape index (κ1) is 31.6. The summed E-state index contributed by atoms with van der Waals surface area (Å²) >= 11 is 0. The van der Waals surface area contributed by atoms with Crippen LogP contribution in [-0.2, 0) is 6.61 Å². The van der Waals surface area contributed by atoms with Gasteiger partial charge in [0.2, 0.25) is 0 Å². The van der Waals surface area contributed by atoms with Crippen molar-refractivity contribution in [2.45, 2.75) is 6.61 Å². The van der Waals surface area contributed by atoms with Crippen molar-refractivity contribution < 1.29 is 4.74 Å². The van der Waals surface area contributed by atoms with E-state index in [1.807, 2.05) is 18.2 Å². The number of benzene rings is 8. The highest BCUT2D eigenvalue weighted by Crippen LogP contribution is 2.38. The summed E-state index contributed by atoms with van der Waals surface area (Å²) in [5.74, 6) is 0.734. The molecule has 8 rings (SSSR count). The van der Waals surface area contributed by atoms with Crippen molar-refractivity contribution in [2.75, 3.05) is 4.90 Å². The van der Waals surface area contributed by atoms with Gasteiger partial charge >= 0.3 is 0 Å². The largest absolute Gasteiger partial charge is 0.487 e. The van der Waals surface area contributed by atoms with Crippen LogP contribution in [0.2, 0.25) is 0 Å². The van der Waals surface area contributed by atoms with Crippen molar-refractivity contribution >= 4 is 40.2 Å². The van der Waals surface area contributed by atoms with E-state index in [9.17, 15) is 0 Å². The Morgan fingerprint density at radius 1 is 0.412 bits per heavy atom. The number of hydrogen-bond acceptors (Lipinski definition) is 3. The molecule has 3 nitrogen and oxygen atoms in total. The van der Waals surface area contributed by atoms with Gasteiger partial charge in [0.1, 0.15) is 18.0 Å². The molecule has 0 unspecified atom stereocenters. The fraction of sp³-hybridized carbons (Fsp3) is 0.0208. The van der Waals surface area contributed by atoms with Gasteiger partial charge in [-0.25, -0.2) is 0 Å². The Labute approximate surface area is 299 Å². The lowest BCUT2D eigenvalue weighted by Crippen LogP contribution is -2.09. The molecular formula is C48H36N2O. The van der Waals surface area contributed by atoms with Crippen LogP contribution in [-0.4, -0.2) is 6.72 Å². The molecule has 0 aliphatic heterocycles. The second-order valence-corrected chi connectivity index (χ2v) is 12.5. The molecule has 0 aliphatic carbocycles. The van der Waals surface area contributed by atoms with Crippen LogP contribution < -0.4 is 9.64 Å². The highest BCUT2D eigenvalue weighted by Gasteiger charge is 2.14. The molecule has 0 radical (unpaired) electrons. The average molecular weight is 657 g/mol. The van der Waals surface area contributed by atoms with Crippen LogP contribution in [0.1, 0.15) is 5.56 Å². The first-order valence-electron chi connectivity index (χ1n) is 17.2. The molecule has 0 fully saturated rings. The summed E-state index contributed by atoms with van der Waals surface area (Å²) in [4.78, 5) is 6.59. The number of ether oxygens (including phenoxy) is 1. The molecule has 8 aromatic carbocycles. The van der Waals surface area contributed by atoms with Crippen LogP contribution >= 0.6 is 0 Å². The molecule has 244 valence electrons. The zero-order valence-electron chi connectivity index (χ0n) is 28.2. The SMILES string of the molecule is C=Nc1c(OCc2ccc(-c3ccc(N(c4ccc(-c5ccccc5)cc4)c4ccc(-c5ccccc5)cc4)cc3)cc2)ccc2ccccc12.